The third kappa shape index (κ3) is 30.6. The van der Waals surface area contributed by atoms with Crippen LogP contribution in [0.25, 0.3) is 0 Å². The summed E-state index contributed by atoms with van der Waals surface area (Å²) < 4.78 is 0. The van der Waals surface area contributed by atoms with Gasteiger partial charge >= 0.3 is 0 Å². The lowest BCUT2D eigenvalue weighted by Gasteiger charge is -2.26. The SMILES string of the molecule is OCCCCCCCCCCN(CCCCCCCCCCO)c1nc(Cl)nc(N(CCCCCCCCCCO)CCCCCCCCCCO)n1. The van der Waals surface area contributed by atoms with Gasteiger partial charge in [0.15, 0.2) is 0 Å². The number of anilines is 2. The largest absolute Gasteiger partial charge is 0.396 e. The third-order valence-corrected chi connectivity index (χ3v) is 10.7. The van der Waals surface area contributed by atoms with E-state index in [1.54, 1.807) is 0 Å². The average Bonchev–Trinajstić information content (AvgIpc) is 3.16. The molecule has 9 nitrogen and oxygen atoms in total. The van der Waals surface area contributed by atoms with Crippen LogP contribution < -0.4 is 9.80 Å². The molecule has 0 radical (unpaired) electrons. The highest BCUT2D eigenvalue weighted by atomic mass is 35.5. The van der Waals surface area contributed by atoms with Gasteiger partial charge in [0.1, 0.15) is 0 Å². The van der Waals surface area contributed by atoms with Crippen LogP contribution in [-0.2, 0) is 0 Å². The highest BCUT2D eigenvalue weighted by Gasteiger charge is 2.17. The molecule has 0 saturated heterocycles. The Morgan fingerprint density at radius 1 is 0.283 bits per heavy atom. The Bertz CT molecular complexity index is 792. The molecule has 0 aliphatic heterocycles. The lowest BCUT2D eigenvalue weighted by atomic mass is 10.1. The molecule has 0 saturated carbocycles. The molecule has 0 atom stereocenters. The van der Waals surface area contributed by atoms with Gasteiger partial charge in [0, 0.05) is 52.6 Å². The van der Waals surface area contributed by atoms with Crippen LogP contribution in [0.2, 0.25) is 5.28 Å². The molecule has 1 heterocycles. The van der Waals surface area contributed by atoms with Gasteiger partial charge in [-0.2, -0.15) is 15.0 Å². The summed E-state index contributed by atoms with van der Waals surface area (Å²) in [5.74, 6) is 1.45. The van der Waals surface area contributed by atoms with Gasteiger partial charge in [0.2, 0.25) is 17.2 Å². The standard InChI is InChI=1S/C43H84ClN5O4/c44-41-45-42(48(33-25-17-9-1-5-13-21-29-37-50)34-26-18-10-2-6-14-22-30-38-51)47-43(46-41)49(35-27-19-11-3-7-15-23-31-39-52)36-28-20-12-4-8-16-24-32-40-53/h50-53H,1-40H2. The molecule has 0 spiro atoms. The second-order valence-corrected chi connectivity index (χ2v) is 15.7. The Hall–Kier alpha value is -1.26. The second-order valence-electron chi connectivity index (χ2n) is 15.4. The number of halogens is 1. The number of hydrogen-bond acceptors (Lipinski definition) is 9. The van der Waals surface area contributed by atoms with E-state index in [-0.39, 0.29) is 5.28 Å². The monoisotopic (exact) mass is 770 g/mol. The normalized spacial score (nSPS) is 11.5. The molecule has 1 aromatic heterocycles. The van der Waals surface area contributed by atoms with Crippen LogP contribution in [0.1, 0.15) is 205 Å². The minimum absolute atomic E-state index is 0.288. The van der Waals surface area contributed by atoms with Crippen LogP contribution in [0.5, 0.6) is 0 Å². The van der Waals surface area contributed by atoms with Crippen molar-refractivity contribution in [3.63, 3.8) is 0 Å². The summed E-state index contributed by atoms with van der Waals surface area (Å²) in [6, 6.07) is 0. The van der Waals surface area contributed by atoms with E-state index in [1.165, 1.54) is 128 Å². The molecule has 1 rings (SSSR count). The topological polar surface area (TPSA) is 126 Å². The number of unbranched alkanes of at least 4 members (excludes halogenated alkanes) is 28. The van der Waals surface area contributed by atoms with Crippen LogP contribution >= 0.6 is 11.6 Å². The van der Waals surface area contributed by atoms with Crippen molar-refractivity contribution in [1.82, 2.24) is 15.0 Å². The Kier molecular flexibility index (Phi) is 36.6. The summed E-state index contributed by atoms with van der Waals surface area (Å²) in [5.41, 5.74) is 0. The van der Waals surface area contributed by atoms with E-state index >= 15 is 0 Å². The van der Waals surface area contributed by atoms with Gasteiger partial charge in [-0.15, -0.1) is 0 Å². The maximum Gasteiger partial charge on any atom is 0.231 e. The maximum atomic E-state index is 9.03. The smallest absolute Gasteiger partial charge is 0.231 e. The first-order valence-electron chi connectivity index (χ1n) is 22.5. The van der Waals surface area contributed by atoms with E-state index in [0.29, 0.717) is 26.4 Å². The summed E-state index contributed by atoms with van der Waals surface area (Å²) in [5, 5.41) is 36.4. The fourth-order valence-corrected chi connectivity index (χ4v) is 7.29. The molecule has 0 aromatic carbocycles. The highest BCUT2D eigenvalue weighted by molar-refractivity contribution is 6.28. The maximum absolute atomic E-state index is 9.03. The quantitative estimate of drug-likeness (QED) is 0.0481. The van der Waals surface area contributed by atoms with Gasteiger partial charge in [-0.25, -0.2) is 0 Å². The predicted octanol–water partition coefficient (Wildman–Crippen LogP) is 10.6. The molecule has 0 fully saturated rings. The molecular formula is C43H84ClN5O4. The zero-order chi connectivity index (χ0) is 38.3. The van der Waals surface area contributed by atoms with E-state index in [2.05, 4.69) is 9.80 Å². The van der Waals surface area contributed by atoms with Crippen molar-refractivity contribution in [2.24, 2.45) is 0 Å². The van der Waals surface area contributed by atoms with Crippen LogP contribution in [0, 0.1) is 0 Å². The van der Waals surface area contributed by atoms with E-state index in [1.807, 2.05) is 0 Å². The summed E-state index contributed by atoms with van der Waals surface area (Å²) >= 11 is 6.68. The van der Waals surface area contributed by atoms with Gasteiger partial charge in [-0.1, -0.05) is 154 Å². The number of aliphatic hydroxyl groups is 4. The Morgan fingerprint density at radius 2 is 0.472 bits per heavy atom. The first-order valence-corrected chi connectivity index (χ1v) is 22.9. The lowest BCUT2D eigenvalue weighted by Crippen LogP contribution is -2.31. The van der Waals surface area contributed by atoms with Crippen molar-refractivity contribution in [1.29, 1.82) is 0 Å². The Balaban J connectivity index is 2.85. The van der Waals surface area contributed by atoms with Gasteiger partial charge in [0.25, 0.3) is 0 Å². The van der Waals surface area contributed by atoms with Crippen molar-refractivity contribution >= 4 is 23.5 Å². The third-order valence-electron chi connectivity index (χ3n) is 10.5. The van der Waals surface area contributed by atoms with E-state index in [9.17, 15) is 0 Å². The molecule has 0 amide bonds. The first kappa shape index (κ1) is 49.8. The minimum atomic E-state index is 0.288. The molecule has 0 aliphatic rings. The van der Waals surface area contributed by atoms with Gasteiger partial charge in [0.05, 0.1) is 0 Å². The first-order chi connectivity index (χ1) is 26.2. The lowest BCUT2D eigenvalue weighted by molar-refractivity contribution is 0.282. The molecule has 0 aliphatic carbocycles. The van der Waals surface area contributed by atoms with Crippen molar-refractivity contribution in [2.45, 2.75) is 205 Å². The predicted molar refractivity (Wildman–Crippen MR) is 225 cm³/mol. The van der Waals surface area contributed by atoms with Crippen molar-refractivity contribution in [2.75, 3.05) is 62.4 Å². The fraction of sp³-hybridized carbons (Fsp3) is 0.930. The van der Waals surface area contributed by atoms with Gasteiger partial charge in [-0.3, -0.25) is 0 Å². The molecule has 4 N–H and O–H groups in total. The van der Waals surface area contributed by atoms with Crippen molar-refractivity contribution < 1.29 is 20.4 Å². The molecule has 53 heavy (non-hydrogen) atoms. The van der Waals surface area contributed by atoms with E-state index in [4.69, 9.17) is 47.0 Å². The average molecular weight is 771 g/mol. The zero-order valence-corrected chi connectivity index (χ0v) is 34.9. The molecular weight excluding hydrogens is 686 g/mol. The molecule has 1 aromatic rings. The Morgan fingerprint density at radius 3 is 0.679 bits per heavy atom. The van der Waals surface area contributed by atoms with Gasteiger partial charge < -0.3 is 30.2 Å². The van der Waals surface area contributed by atoms with Crippen LogP contribution in [0.15, 0.2) is 0 Å². The highest BCUT2D eigenvalue weighted by Crippen LogP contribution is 2.21. The number of aliphatic hydroxyl groups excluding tert-OH is 4. The van der Waals surface area contributed by atoms with Crippen molar-refractivity contribution in [3.8, 4) is 0 Å². The minimum Gasteiger partial charge on any atom is -0.396 e. The Labute approximate surface area is 331 Å². The summed E-state index contributed by atoms with van der Waals surface area (Å²) in [6.07, 6.45) is 37.3. The molecule has 0 bridgehead atoms. The summed E-state index contributed by atoms with van der Waals surface area (Å²) in [4.78, 5) is 19.3. The second kappa shape index (κ2) is 39.0. The summed E-state index contributed by atoms with van der Waals surface area (Å²) in [7, 11) is 0. The summed E-state index contributed by atoms with van der Waals surface area (Å²) in [6.45, 7) is 4.96. The number of rotatable bonds is 42. The van der Waals surface area contributed by atoms with Gasteiger partial charge in [-0.05, 0) is 63.0 Å². The number of hydrogen-bond donors (Lipinski definition) is 4. The number of nitrogens with zero attached hydrogens (tertiary/aromatic N) is 5. The molecule has 0 unspecified atom stereocenters. The van der Waals surface area contributed by atoms with E-state index < -0.39 is 0 Å². The molecule has 312 valence electrons. The van der Waals surface area contributed by atoms with Crippen LogP contribution in [-0.4, -0.2) is 88.0 Å². The zero-order valence-electron chi connectivity index (χ0n) is 34.2. The molecule has 10 heteroatoms. The number of aromatic nitrogens is 3. The van der Waals surface area contributed by atoms with Crippen LogP contribution in [0.4, 0.5) is 11.9 Å². The fourth-order valence-electron chi connectivity index (χ4n) is 7.14. The van der Waals surface area contributed by atoms with Crippen molar-refractivity contribution in [3.05, 3.63) is 5.28 Å². The van der Waals surface area contributed by atoms with Crippen LogP contribution in [0.3, 0.4) is 0 Å². The van der Waals surface area contributed by atoms with E-state index in [0.717, 1.165) is 115 Å².